The molecular weight excluding hydrogens is 246 g/mol. The molecule has 1 heterocycles. The fraction of sp³-hybridized carbons (Fsp3) is 0.692. The number of amides is 1. The summed E-state index contributed by atoms with van der Waals surface area (Å²) in [5.74, 6) is 0.0663. The van der Waals surface area contributed by atoms with Crippen LogP contribution in [0.4, 0.5) is 0 Å². The predicted octanol–water partition coefficient (Wildman–Crippen LogP) is 1.71. The van der Waals surface area contributed by atoms with Crippen molar-refractivity contribution in [2.75, 3.05) is 6.54 Å². The van der Waals surface area contributed by atoms with Gasteiger partial charge in [0.2, 0.25) is 5.91 Å². The summed E-state index contributed by atoms with van der Waals surface area (Å²) in [7, 11) is 0. The van der Waals surface area contributed by atoms with E-state index in [-0.39, 0.29) is 17.4 Å². The van der Waals surface area contributed by atoms with Crippen LogP contribution in [0, 0.1) is 5.92 Å². The van der Waals surface area contributed by atoms with Crippen molar-refractivity contribution in [2.24, 2.45) is 11.7 Å². The van der Waals surface area contributed by atoms with E-state index in [2.05, 4.69) is 10.3 Å². The summed E-state index contributed by atoms with van der Waals surface area (Å²) in [5.41, 5.74) is 8.73. The topological polar surface area (TPSA) is 68.0 Å². The number of carbonyl (C=O) groups is 1. The summed E-state index contributed by atoms with van der Waals surface area (Å²) in [6, 6.07) is 0. The van der Waals surface area contributed by atoms with Crippen molar-refractivity contribution < 1.29 is 4.79 Å². The van der Waals surface area contributed by atoms with E-state index in [0.29, 0.717) is 6.54 Å². The lowest BCUT2D eigenvalue weighted by Crippen LogP contribution is -2.53. The lowest BCUT2D eigenvalue weighted by Gasteiger charge is -2.37. The molecule has 18 heavy (non-hydrogen) atoms. The maximum Gasteiger partial charge on any atom is 0.224 e. The van der Waals surface area contributed by atoms with Crippen LogP contribution in [0.3, 0.4) is 0 Å². The minimum atomic E-state index is -0.344. The molecule has 1 aromatic rings. The molecule has 5 heteroatoms. The predicted molar refractivity (Wildman–Crippen MR) is 73.4 cm³/mol. The van der Waals surface area contributed by atoms with Gasteiger partial charge in [-0.05, 0) is 19.8 Å². The first kappa shape index (κ1) is 13.5. The Morgan fingerprint density at radius 2 is 2.50 bits per heavy atom. The summed E-state index contributed by atoms with van der Waals surface area (Å²) in [4.78, 5) is 16.3. The molecule has 1 aliphatic carbocycles. The Bertz CT molecular complexity index is 389. The Morgan fingerprint density at radius 1 is 1.67 bits per heavy atom. The number of thiazole rings is 1. The van der Waals surface area contributed by atoms with E-state index in [4.69, 9.17) is 5.73 Å². The fourth-order valence-electron chi connectivity index (χ4n) is 2.59. The van der Waals surface area contributed by atoms with Crippen LogP contribution in [-0.4, -0.2) is 23.0 Å². The van der Waals surface area contributed by atoms with Crippen molar-refractivity contribution >= 4 is 17.2 Å². The Balaban J connectivity index is 1.80. The van der Waals surface area contributed by atoms with Crippen molar-refractivity contribution in [3.63, 3.8) is 0 Å². The maximum absolute atomic E-state index is 12.1. The van der Waals surface area contributed by atoms with Crippen LogP contribution >= 0.6 is 11.3 Å². The molecular formula is C13H21N3OS. The molecule has 0 bridgehead atoms. The van der Waals surface area contributed by atoms with Crippen LogP contribution in [-0.2, 0) is 11.2 Å². The lowest BCUT2D eigenvalue weighted by atomic mass is 9.74. The van der Waals surface area contributed by atoms with E-state index in [1.807, 2.05) is 17.8 Å². The molecule has 2 unspecified atom stereocenters. The molecule has 0 aromatic carbocycles. The number of carbonyl (C=O) groups excluding carboxylic acids is 1. The Labute approximate surface area is 112 Å². The van der Waals surface area contributed by atoms with E-state index in [0.717, 1.165) is 37.8 Å². The van der Waals surface area contributed by atoms with Crippen molar-refractivity contribution in [1.29, 1.82) is 0 Å². The zero-order valence-corrected chi connectivity index (χ0v) is 11.6. The molecule has 100 valence electrons. The van der Waals surface area contributed by atoms with Crippen molar-refractivity contribution in [1.82, 2.24) is 10.3 Å². The first-order valence-electron chi connectivity index (χ1n) is 6.53. The average molecular weight is 267 g/mol. The molecule has 1 aromatic heterocycles. The summed E-state index contributed by atoms with van der Waals surface area (Å²) in [5, 5.41) is 5.01. The second kappa shape index (κ2) is 5.80. The fourth-order valence-corrected chi connectivity index (χ4v) is 3.18. The number of nitrogens with two attached hydrogens (primary N) is 1. The molecule has 1 saturated carbocycles. The second-order valence-corrected chi connectivity index (χ2v) is 6.04. The monoisotopic (exact) mass is 267 g/mol. The van der Waals surface area contributed by atoms with Gasteiger partial charge in [0.25, 0.3) is 0 Å². The molecule has 0 saturated heterocycles. The van der Waals surface area contributed by atoms with Gasteiger partial charge < -0.3 is 11.1 Å². The Hall–Kier alpha value is -0.940. The third kappa shape index (κ3) is 3.29. The van der Waals surface area contributed by atoms with Crippen LogP contribution in [0.2, 0.25) is 0 Å². The summed E-state index contributed by atoms with van der Waals surface area (Å²) in [6.45, 7) is 2.64. The second-order valence-electron chi connectivity index (χ2n) is 5.32. The van der Waals surface area contributed by atoms with E-state index in [1.165, 1.54) is 0 Å². The zero-order chi connectivity index (χ0) is 13.0. The molecule has 0 aliphatic heterocycles. The van der Waals surface area contributed by atoms with Crippen molar-refractivity contribution in [3.05, 3.63) is 16.6 Å². The van der Waals surface area contributed by atoms with Gasteiger partial charge in [-0.1, -0.05) is 12.8 Å². The van der Waals surface area contributed by atoms with Crippen LogP contribution in [0.1, 0.15) is 38.3 Å². The van der Waals surface area contributed by atoms with Crippen molar-refractivity contribution in [3.8, 4) is 0 Å². The molecule has 0 radical (unpaired) electrons. The van der Waals surface area contributed by atoms with Crippen LogP contribution in [0.25, 0.3) is 0 Å². The van der Waals surface area contributed by atoms with Gasteiger partial charge >= 0.3 is 0 Å². The highest BCUT2D eigenvalue weighted by molar-refractivity contribution is 7.07. The van der Waals surface area contributed by atoms with E-state index in [9.17, 15) is 4.79 Å². The molecule has 1 fully saturated rings. The number of nitrogens with zero attached hydrogens (tertiary/aromatic N) is 1. The summed E-state index contributed by atoms with van der Waals surface area (Å²) in [6.07, 6.45) is 4.89. The van der Waals surface area contributed by atoms with Crippen molar-refractivity contribution in [2.45, 2.75) is 44.6 Å². The molecule has 2 rings (SSSR count). The lowest BCUT2D eigenvalue weighted by molar-refractivity contribution is -0.128. The van der Waals surface area contributed by atoms with Crippen LogP contribution in [0.5, 0.6) is 0 Å². The van der Waals surface area contributed by atoms with Gasteiger partial charge in [-0.15, -0.1) is 11.3 Å². The van der Waals surface area contributed by atoms with Gasteiger partial charge in [-0.2, -0.15) is 0 Å². The highest BCUT2D eigenvalue weighted by atomic mass is 32.1. The third-order valence-corrected chi connectivity index (χ3v) is 4.37. The molecule has 1 amide bonds. The normalized spacial score (nSPS) is 28.0. The van der Waals surface area contributed by atoms with Gasteiger partial charge in [0.1, 0.15) is 0 Å². The summed E-state index contributed by atoms with van der Waals surface area (Å²) >= 11 is 1.58. The standard InChI is InChI=1S/C13H21N3OS/c1-13(14)6-3-2-4-11(13)12(17)15-7-5-10-8-18-9-16-10/h8-9,11H,2-7,14H2,1H3,(H,15,17). The number of rotatable bonds is 4. The van der Waals surface area contributed by atoms with E-state index in [1.54, 1.807) is 11.3 Å². The average Bonchev–Trinajstić information content (AvgIpc) is 2.81. The van der Waals surface area contributed by atoms with Gasteiger partial charge in [0, 0.05) is 23.9 Å². The molecule has 2 atom stereocenters. The van der Waals surface area contributed by atoms with Gasteiger partial charge in [0.05, 0.1) is 17.1 Å². The largest absolute Gasteiger partial charge is 0.355 e. The quantitative estimate of drug-likeness (QED) is 0.872. The summed E-state index contributed by atoms with van der Waals surface area (Å²) < 4.78 is 0. The molecule has 4 nitrogen and oxygen atoms in total. The van der Waals surface area contributed by atoms with Crippen LogP contribution in [0.15, 0.2) is 10.9 Å². The van der Waals surface area contributed by atoms with Gasteiger partial charge in [-0.3, -0.25) is 4.79 Å². The molecule has 3 N–H and O–H groups in total. The van der Waals surface area contributed by atoms with Crippen LogP contribution < -0.4 is 11.1 Å². The van der Waals surface area contributed by atoms with E-state index >= 15 is 0 Å². The zero-order valence-electron chi connectivity index (χ0n) is 10.8. The first-order valence-corrected chi connectivity index (χ1v) is 7.47. The van der Waals surface area contributed by atoms with Gasteiger partial charge in [-0.25, -0.2) is 4.98 Å². The number of nitrogens with one attached hydrogen (secondary N) is 1. The Morgan fingerprint density at radius 3 is 3.17 bits per heavy atom. The van der Waals surface area contributed by atoms with Gasteiger partial charge in [0.15, 0.2) is 0 Å². The highest BCUT2D eigenvalue weighted by Gasteiger charge is 2.37. The smallest absolute Gasteiger partial charge is 0.224 e. The highest BCUT2D eigenvalue weighted by Crippen LogP contribution is 2.31. The minimum Gasteiger partial charge on any atom is -0.355 e. The third-order valence-electron chi connectivity index (χ3n) is 3.73. The SMILES string of the molecule is CC1(N)CCCCC1C(=O)NCCc1cscn1. The first-order chi connectivity index (χ1) is 8.59. The number of hydrogen-bond acceptors (Lipinski definition) is 4. The maximum atomic E-state index is 12.1. The van der Waals surface area contributed by atoms with E-state index < -0.39 is 0 Å². The molecule has 1 aliphatic rings. The minimum absolute atomic E-state index is 0.0401. The molecule has 0 spiro atoms. The number of aromatic nitrogens is 1. The number of hydrogen-bond donors (Lipinski definition) is 2. The Kier molecular flexibility index (Phi) is 4.35.